The van der Waals surface area contributed by atoms with Crippen molar-refractivity contribution < 1.29 is 0 Å². The highest BCUT2D eigenvalue weighted by atomic mass is 15.1. The molecule has 0 saturated heterocycles. The van der Waals surface area contributed by atoms with E-state index in [0.717, 1.165) is 6.42 Å². The van der Waals surface area contributed by atoms with Crippen molar-refractivity contribution >= 4 is 0 Å². The van der Waals surface area contributed by atoms with Crippen LogP contribution in [0.25, 0.3) is 0 Å². The summed E-state index contributed by atoms with van der Waals surface area (Å²) in [5, 5.41) is 8.70. The Hall–Kier alpha value is -0.590. The van der Waals surface area contributed by atoms with Gasteiger partial charge in [-0.1, -0.05) is 6.92 Å². The molecule has 2 N–H and O–H groups in total. The molecular weight excluding hydrogens is 150 g/mol. The molecule has 12 heavy (non-hydrogen) atoms. The third kappa shape index (κ3) is 3.70. The molecule has 0 heterocycles. The first-order valence-corrected chi connectivity index (χ1v) is 4.33. The summed E-state index contributed by atoms with van der Waals surface area (Å²) in [6, 6.07) is 2.57. The maximum Gasteiger partial charge on any atom is 0.114 e. The molecule has 3 nitrogen and oxygen atoms in total. The Morgan fingerprint density at radius 1 is 1.67 bits per heavy atom. The summed E-state index contributed by atoms with van der Waals surface area (Å²) in [5.41, 5.74) is 4.98. The molecule has 3 heteroatoms. The van der Waals surface area contributed by atoms with Crippen LogP contribution < -0.4 is 5.73 Å². The largest absolute Gasteiger partial charge is 0.313 e. The summed E-state index contributed by atoms with van der Waals surface area (Å²) in [6.07, 6.45) is 1.08. The predicted molar refractivity (Wildman–Crippen MR) is 50.6 cm³/mol. The van der Waals surface area contributed by atoms with Gasteiger partial charge in [0.25, 0.3) is 0 Å². The van der Waals surface area contributed by atoms with E-state index in [4.69, 9.17) is 11.0 Å². The van der Waals surface area contributed by atoms with Crippen molar-refractivity contribution in [3.8, 4) is 6.07 Å². The second-order valence-corrected chi connectivity index (χ2v) is 3.70. The van der Waals surface area contributed by atoms with E-state index in [9.17, 15) is 0 Å². The van der Waals surface area contributed by atoms with E-state index in [0.29, 0.717) is 12.6 Å². The minimum absolute atomic E-state index is 0.487. The Bertz CT molecular complexity index is 169. The number of hydrogen-bond donors (Lipinski definition) is 1. The summed E-state index contributed by atoms with van der Waals surface area (Å²) >= 11 is 0. The Kier molecular flexibility index (Phi) is 4.22. The molecule has 0 bridgehead atoms. The lowest BCUT2D eigenvalue weighted by molar-refractivity contribution is 0.222. The molecule has 0 spiro atoms. The molecule has 0 aliphatic rings. The van der Waals surface area contributed by atoms with Crippen LogP contribution in [-0.2, 0) is 0 Å². The highest BCUT2D eigenvalue weighted by molar-refractivity contribution is 5.03. The molecule has 0 fully saturated rings. The number of likely N-dealkylation sites (N-methyl/N-ethyl adjacent to an activating group) is 1. The highest BCUT2D eigenvalue weighted by Gasteiger charge is 2.21. The van der Waals surface area contributed by atoms with E-state index in [1.54, 1.807) is 6.92 Å². The number of nitrogens with zero attached hydrogens (tertiary/aromatic N) is 2. The van der Waals surface area contributed by atoms with E-state index in [1.807, 2.05) is 7.05 Å². The molecule has 70 valence electrons. The second-order valence-electron chi connectivity index (χ2n) is 3.70. The quantitative estimate of drug-likeness (QED) is 0.682. The fourth-order valence-electron chi connectivity index (χ4n) is 1.02. The van der Waals surface area contributed by atoms with Gasteiger partial charge < -0.3 is 10.6 Å². The Morgan fingerprint density at radius 2 is 2.17 bits per heavy atom. The number of rotatable bonds is 4. The first-order valence-electron chi connectivity index (χ1n) is 4.33. The van der Waals surface area contributed by atoms with Crippen molar-refractivity contribution in [1.82, 2.24) is 4.90 Å². The third-order valence-electron chi connectivity index (χ3n) is 2.18. The number of nitriles is 1. The van der Waals surface area contributed by atoms with E-state index in [2.05, 4.69) is 24.8 Å². The first kappa shape index (κ1) is 11.4. The van der Waals surface area contributed by atoms with Crippen LogP contribution in [0.15, 0.2) is 0 Å². The third-order valence-corrected chi connectivity index (χ3v) is 2.18. The maximum absolute atomic E-state index is 8.70. The van der Waals surface area contributed by atoms with Crippen molar-refractivity contribution in [2.75, 3.05) is 13.6 Å². The Labute approximate surface area is 75.2 Å². The predicted octanol–water partition coefficient (Wildman–Crippen LogP) is 0.958. The van der Waals surface area contributed by atoms with Gasteiger partial charge in [-0.15, -0.1) is 0 Å². The second kappa shape index (κ2) is 4.44. The maximum atomic E-state index is 8.70. The van der Waals surface area contributed by atoms with Gasteiger partial charge in [0.15, 0.2) is 0 Å². The van der Waals surface area contributed by atoms with Crippen LogP contribution in [0.2, 0.25) is 0 Å². The standard InChI is InChI=1S/C9H19N3/c1-5-8(2)12(4)7-9(3,11)6-10/h8H,5,7,11H2,1-4H3. The molecule has 0 aromatic heterocycles. The molecule has 0 aromatic rings. The molecule has 0 radical (unpaired) electrons. The van der Waals surface area contributed by atoms with Crippen molar-refractivity contribution in [3.05, 3.63) is 0 Å². The molecule has 0 aliphatic heterocycles. The Morgan fingerprint density at radius 3 is 2.50 bits per heavy atom. The van der Waals surface area contributed by atoms with Gasteiger partial charge in [-0.3, -0.25) is 0 Å². The zero-order valence-corrected chi connectivity index (χ0v) is 8.46. The van der Waals surface area contributed by atoms with Crippen LogP contribution in [0.3, 0.4) is 0 Å². The van der Waals surface area contributed by atoms with Crippen LogP contribution in [-0.4, -0.2) is 30.1 Å². The molecule has 0 saturated carbocycles. The summed E-state index contributed by atoms with van der Waals surface area (Å²) in [6.45, 7) is 6.64. The zero-order chi connectivity index (χ0) is 9.78. The highest BCUT2D eigenvalue weighted by Crippen LogP contribution is 2.05. The summed E-state index contributed by atoms with van der Waals surface area (Å²) < 4.78 is 0. The molecule has 2 unspecified atom stereocenters. The van der Waals surface area contributed by atoms with Gasteiger partial charge >= 0.3 is 0 Å². The molecular formula is C9H19N3. The fraction of sp³-hybridized carbons (Fsp3) is 0.889. The van der Waals surface area contributed by atoms with Gasteiger partial charge in [-0.05, 0) is 27.3 Å². The summed E-state index contributed by atoms with van der Waals surface area (Å²) in [5.74, 6) is 0. The van der Waals surface area contributed by atoms with E-state index in [-0.39, 0.29) is 0 Å². The normalized spacial score (nSPS) is 18.4. The van der Waals surface area contributed by atoms with Crippen LogP contribution in [0, 0.1) is 11.3 Å². The van der Waals surface area contributed by atoms with Gasteiger partial charge in [-0.2, -0.15) is 5.26 Å². The van der Waals surface area contributed by atoms with Crippen LogP contribution in [0.5, 0.6) is 0 Å². The topological polar surface area (TPSA) is 53.0 Å². The number of hydrogen-bond acceptors (Lipinski definition) is 3. The fourth-order valence-corrected chi connectivity index (χ4v) is 1.02. The average Bonchev–Trinajstić information content (AvgIpc) is 2.02. The molecule has 2 atom stereocenters. The van der Waals surface area contributed by atoms with Crippen molar-refractivity contribution in [2.45, 2.75) is 38.8 Å². The summed E-state index contributed by atoms with van der Waals surface area (Å²) in [4.78, 5) is 2.11. The van der Waals surface area contributed by atoms with E-state index < -0.39 is 5.54 Å². The number of nitrogens with two attached hydrogens (primary N) is 1. The van der Waals surface area contributed by atoms with E-state index in [1.165, 1.54) is 0 Å². The van der Waals surface area contributed by atoms with Gasteiger partial charge in [0.2, 0.25) is 0 Å². The van der Waals surface area contributed by atoms with Crippen molar-refractivity contribution in [3.63, 3.8) is 0 Å². The van der Waals surface area contributed by atoms with Crippen LogP contribution in [0.4, 0.5) is 0 Å². The molecule has 0 aliphatic carbocycles. The van der Waals surface area contributed by atoms with Crippen molar-refractivity contribution in [1.29, 1.82) is 5.26 Å². The molecule has 0 amide bonds. The monoisotopic (exact) mass is 169 g/mol. The smallest absolute Gasteiger partial charge is 0.114 e. The molecule has 0 aromatic carbocycles. The summed E-state index contributed by atoms with van der Waals surface area (Å²) in [7, 11) is 2.00. The molecule has 0 rings (SSSR count). The minimum atomic E-state index is -0.724. The van der Waals surface area contributed by atoms with Gasteiger partial charge in [0.1, 0.15) is 5.54 Å². The lowest BCUT2D eigenvalue weighted by Gasteiger charge is -2.28. The van der Waals surface area contributed by atoms with E-state index >= 15 is 0 Å². The van der Waals surface area contributed by atoms with Gasteiger partial charge in [0.05, 0.1) is 6.07 Å². The first-order chi connectivity index (χ1) is 5.43. The van der Waals surface area contributed by atoms with Crippen molar-refractivity contribution in [2.24, 2.45) is 5.73 Å². The van der Waals surface area contributed by atoms with Gasteiger partial charge in [-0.25, -0.2) is 0 Å². The van der Waals surface area contributed by atoms with Crippen LogP contribution in [0.1, 0.15) is 27.2 Å². The van der Waals surface area contributed by atoms with Crippen LogP contribution >= 0.6 is 0 Å². The SMILES string of the molecule is CCC(C)N(C)CC(C)(N)C#N. The Balaban J connectivity index is 4.01. The zero-order valence-electron chi connectivity index (χ0n) is 8.46. The average molecular weight is 169 g/mol. The van der Waals surface area contributed by atoms with Gasteiger partial charge in [0, 0.05) is 12.6 Å². The minimum Gasteiger partial charge on any atom is -0.313 e. The lowest BCUT2D eigenvalue weighted by atomic mass is 10.0. The lowest BCUT2D eigenvalue weighted by Crippen LogP contribution is -2.47.